The minimum Gasteiger partial charge on any atom is -0.507 e. The van der Waals surface area contributed by atoms with Crippen LogP contribution in [0.1, 0.15) is 44.1 Å². The fraction of sp³-hybridized carbons (Fsp3) is 0.500. The normalized spacial score (nSPS) is 32.1. The number of ether oxygens (including phenoxy) is 1. The second-order valence-electron chi connectivity index (χ2n) is 9.20. The minimum atomic E-state index is -0.482. The smallest absolute Gasteiger partial charge is 0.331 e. The number of hydrogen-bond acceptors (Lipinski definition) is 4. The van der Waals surface area contributed by atoms with E-state index < -0.39 is 6.04 Å². The Hall–Kier alpha value is -2.36. The summed E-state index contributed by atoms with van der Waals surface area (Å²) in [6, 6.07) is 11.0. The number of hydrogen-bond donors (Lipinski definition) is 1. The van der Waals surface area contributed by atoms with E-state index in [4.69, 9.17) is 9.73 Å². The number of methoxy groups -OCH3 is 1. The van der Waals surface area contributed by atoms with E-state index in [0.717, 1.165) is 47.8 Å². The predicted octanol–water partition coefficient (Wildman–Crippen LogP) is 4.72. The number of benzene rings is 2. The molecule has 4 heteroatoms. The van der Waals surface area contributed by atoms with Gasteiger partial charge >= 0.3 is 5.97 Å². The summed E-state index contributed by atoms with van der Waals surface area (Å²) >= 11 is 0. The number of rotatable bonds is 4. The molecule has 0 aromatic heterocycles. The molecule has 0 unspecified atom stereocenters. The number of carbonyl (C=O) groups is 1. The molecule has 0 amide bonds. The van der Waals surface area contributed by atoms with Crippen molar-refractivity contribution in [1.29, 1.82) is 0 Å². The van der Waals surface area contributed by atoms with E-state index in [9.17, 15) is 9.90 Å². The van der Waals surface area contributed by atoms with Crippen molar-refractivity contribution in [3.05, 3.63) is 42.0 Å². The average molecular weight is 377 g/mol. The van der Waals surface area contributed by atoms with Crippen LogP contribution in [0.3, 0.4) is 0 Å². The zero-order chi connectivity index (χ0) is 19.3. The summed E-state index contributed by atoms with van der Waals surface area (Å²) in [5.74, 6) is 2.16. The highest BCUT2D eigenvalue weighted by molar-refractivity contribution is 6.02. The minimum absolute atomic E-state index is 0.0709. The van der Waals surface area contributed by atoms with Gasteiger partial charge in [0.25, 0.3) is 0 Å². The zero-order valence-corrected chi connectivity index (χ0v) is 16.3. The Morgan fingerprint density at radius 1 is 1.11 bits per heavy atom. The van der Waals surface area contributed by atoms with Gasteiger partial charge in [0, 0.05) is 17.2 Å². The first-order valence-electron chi connectivity index (χ1n) is 10.4. The Kier molecular flexibility index (Phi) is 4.18. The fourth-order valence-corrected chi connectivity index (χ4v) is 6.66. The summed E-state index contributed by atoms with van der Waals surface area (Å²) in [5.41, 5.74) is 0.607. The average Bonchev–Trinajstić information content (AvgIpc) is 2.68. The molecule has 4 saturated carbocycles. The van der Waals surface area contributed by atoms with E-state index in [-0.39, 0.29) is 17.1 Å². The van der Waals surface area contributed by atoms with Crippen LogP contribution in [0.2, 0.25) is 0 Å². The van der Waals surface area contributed by atoms with Crippen LogP contribution in [0, 0.1) is 23.2 Å². The van der Waals surface area contributed by atoms with Gasteiger partial charge in [-0.2, -0.15) is 0 Å². The largest absolute Gasteiger partial charge is 0.507 e. The summed E-state index contributed by atoms with van der Waals surface area (Å²) in [6.45, 7) is 0. The molecular formula is C24H27NO3. The third-order valence-corrected chi connectivity index (χ3v) is 7.39. The lowest BCUT2D eigenvalue weighted by Gasteiger charge is -2.58. The lowest BCUT2D eigenvalue weighted by Crippen LogP contribution is -2.53. The SMILES string of the molecule is COC(=O)[C@@H](N=Cc1c(O)ccc2ccccc12)C12CC3CC(CC(C3)C1)C2. The standard InChI is InChI=1S/C24H27NO3/c1-28-23(27)22(24-11-15-8-16(12-24)10-17(9-15)13-24)25-14-20-19-5-3-2-4-18(19)6-7-21(20)26/h2-7,14-17,22,26H,8-13H2,1H3/t15?,16?,17?,22-,24?/m1/s1. The lowest BCUT2D eigenvalue weighted by molar-refractivity contribution is -0.152. The lowest BCUT2D eigenvalue weighted by atomic mass is 9.47. The van der Waals surface area contributed by atoms with Crippen molar-refractivity contribution in [3.63, 3.8) is 0 Å². The van der Waals surface area contributed by atoms with Gasteiger partial charge < -0.3 is 9.84 Å². The van der Waals surface area contributed by atoms with E-state index in [1.807, 2.05) is 30.3 Å². The molecule has 4 fully saturated rings. The quantitative estimate of drug-likeness (QED) is 0.619. The van der Waals surface area contributed by atoms with Crippen LogP contribution in [0.15, 0.2) is 41.4 Å². The molecular weight excluding hydrogens is 350 g/mol. The van der Waals surface area contributed by atoms with Gasteiger partial charge in [-0.25, -0.2) is 4.79 Å². The van der Waals surface area contributed by atoms with Gasteiger partial charge in [-0.05, 0) is 73.1 Å². The maximum atomic E-state index is 12.8. The molecule has 0 aliphatic heterocycles. The van der Waals surface area contributed by atoms with Crippen molar-refractivity contribution in [2.45, 2.75) is 44.6 Å². The summed E-state index contributed by atoms with van der Waals surface area (Å²) in [4.78, 5) is 17.6. The molecule has 2 aromatic rings. The summed E-state index contributed by atoms with van der Waals surface area (Å²) in [7, 11) is 1.46. The molecule has 1 atom stereocenters. The number of fused-ring (bicyclic) bond motifs is 1. The van der Waals surface area contributed by atoms with E-state index in [0.29, 0.717) is 5.56 Å². The maximum Gasteiger partial charge on any atom is 0.331 e. The van der Waals surface area contributed by atoms with Crippen molar-refractivity contribution in [2.24, 2.45) is 28.2 Å². The molecule has 4 aliphatic rings. The predicted molar refractivity (Wildman–Crippen MR) is 110 cm³/mol. The van der Waals surface area contributed by atoms with Crippen LogP contribution in [0.25, 0.3) is 10.8 Å². The first-order chi connectivity index (χ1) is 13.6. The van der Waals surface area contributed by atoms with E-state index in [1.165, 1.54) is 26.4 Å². The number of phenolic OH excluding ortho intramolecular Hbond substituents is 1. The van der Waals surface area contributed by atoms with Gasteiger partial charge in [0.1, 0.15) is 5.75 Å². The Morgan fingerprint density at radius 2 is 1.75 bits per heavy atom. The van der Waals surface area contributed by atoms with Crippen LogP contribution in [-0.4, -0.2) is 30.4 Å². The molecule has 0 saturated heterocycles. The summed E-state index contributed by atoms with van der Waals surface area (Å²) in [6.07, 6.45) is 8.91. The van der Waals surface area contributed by atoms with Crippen molar-refractivity contribution in [3.8, 4) is 5.75 Å². The first kappa shape index (κ1) is 17.7. The number of aromatic hydroxyl groups is 1. The molecule has 1 N–H and O–H groups in total. The molecule has 146 valence electrons. The first-order valence-corrected chi connectivity index (χ1v) is 10.4. The monoisotopic (exact) mass is 377 g/mol. The Morgan fingerprint density at radius 3 is 2.39 bits per heavy atom. The number of phenols is 1. The van der Waals surface area contributed by atoms with Crippen LogP contribution >= 0.6 is 0 Å². The molecule has 4 bridgehead atoms. The van der Waals surface area contributed by atoms with Crippen LogP contribution in [0.5, 0.6) is 5.75 Å². The third kappa shape index (κ3) is 2.81. The van der Waals surface area contributed by atoms with E-state index in [2.05, 4.69) is 0 Å². The van der Waals surface area contributed by atoms with Crippen molar-refractivity contribution in [2.75, 3.05) is 7.11 Å². The molecule has 0 radical (unpaired) electrons. The van der Waals surface area contributed by atoms with Crippen LogP contribution in [0.4, 0.5) is 0 Å². The highest BCUT2D eigenvalue weighted by Crippen LogP contribution is 2.62. The molecule has 6 rings (SSSR count). The van der Waals surface area contributed by atoms with Crippen molar-refractivity contribution >= 4 is 23.0 Å². The fourth-order valence-electron chi connectivity index (χ4n) is 6.66. The van der Waals surface area contributed by atoms with Gasteiger partial charge in [0.15, 0.2) is 6.04 Å². The molecule has 2 aromatic carbocycles. The molecule has 4 aliphatic carbocycles. The summed E-state index contributed by atoms with van der Waals surface area (Å²) in [5, 5.41) is 12.4. The maximum absolute atomic E-state index is 12.8. The molecule has 0 heterocycles. The van der Waals surface area contributed by atoms with Gasteiger partial charge in [-0.1, -0.05) is 30.3 Å². The van der Waals surface area contributed by atoms with Crippen LogP contribution < -0.4 is 0 Å². The summed E-state index contributed by atoms with van der Waals surface area (Å²) < 4.78 is 5.19. The highest BCUT2D eigenvalue weighted by atomic mass is 16.5. The van der Waals surface area contributed by atoms with E-state index >= 15 is 0 Å². The van der Waals surface area contributed by atoms with Gasteiger partial charge in [-0.15, -0.1) is 0 Å². The number of esters is 1. The Labute approximate surface area is 165 Å². The van der Waals surface area contributed by atoms with Crippen LogP contribution in [-0.2, 0) is 9.53 Å². The Balaban J connectivity index is 1.54. The Bertz CT molecular complexity index is 913. The number of nitrogens with zero attached hydrogens (tertiary/aromatic N) is 1. The van der Waals surface area contributed by atoms with Crippen molar-refractivity contribution < 1.29 is 14.6 Å². The molecule has 28 heavy (non-hydrogen) atoms. The van der Waals surface area contributed by atoms with Gasteiger partial charge in [0.05, 0.1) is 7.11 Å². The molecule has 0 spiro atoms. The zero-order valence-electron chi connectivity index (χ0n) is 16.3. The molecule has 4 nitrogen and oxygen atoms in total. The second-order valence-corrected chi connectivity index (χ2v) is 9.20. The number of carbonyl (C=O) groups excluding carboxylic acids is 1. The van der Waals surface area contributed by atoms with E-state index in [1.54, 1.807) is 12.3 Å². The van der Waals surface area contributed by atoms with Gasteiger partial charge in [-0.3, -0.25) is 4.99 Å². The highest BCUT2D eigenvalue weighted by Gasteiger charge is 2.56. The topological polar surface area (TPSA) is 58.9 Å². The van der Waals surface area contributed by atoms with Gasteiger partial charge in [0.2, 0.25) is 0 Å². The second kappa shape index (κ2) is 6.61. The number of aliphatic imine (C=N–C) groups is 1. The van der Waals surface area contributed by atoms with Crippen molar-refractivity contribution in [1.82, 2.24) is 0 Å². The third-order valence-electron chi connectivity index (χ3n) is 7.39.